The fourth-order valence-electron chi connectivity index (χ4n) is 9.60. The van der Waals surface area contributed by atoms with Gasteiger partial charge < -0.3 is 5.32 Å². The molecule has 0 aromatic carbocycles. The van der Waals surface area contributed by atoms with Crippen LogP contribution in [0.3, 0.4) is 0 Å². The number of amides is 1. The summed E-state index contributed by atoms with van der Waals surface area (Å²) in [6.07, 6.45) is 16.6. The normalized spacial score (nSPS) is 56.2. The molecule has 8 aliphatic rings. The van der Waals surface area contributed by atoms with E-state index >= 15 is 0 Å². The summed E-state index contributed by atoms with van der Waals surface area (Å²) in [6.45, 7) is 2.37. The third kappa shape index (κ3) is 2.24. The van der Waals surface area contributed by atoms with Crippen LogP contribution in [0.2, 0.25) is 0 Å². The van der Waals surface area contributed by atoms with E-state index in [1.165, 1.54) is 77.0 Å². The molecule has 0 aliphatic heterocycles. The van der Waals surface area contributed by atoms with Crippen LogP contribution in [0, 0.1) is 46.3 Å². The molecule has 25 heavy (non-hydrogen) atoms. The first kappa shape index (κ1) is 15.5. The van der Waals surface area contributed by atoms with Crippen molar-refractivity contribution in [3.63, 3.8) is 0 Å². The Hall–Kier alpha value is -0.530. The molecule has 8 fully saturated rings. The quantitative estimate of drug-likeness (QED) is 0.775. The molecule has 2 heteroatoms. The topological polar surface area (TPSA) is 29.1 Å². The minimum Gasteiger partial charge on any atom is -0.353 e. The van der Waals surface area contributed by atoms with Crippen molar-refractivity contribution in [2.45, 2.75) is 90.0 Å². The van der Waals surface area contributed by atoms with E-state index in [9.17, 15) is 4.79 Å². The smallest absolute Gasteiger partial charge is 0.226 e. The fourth-order valence-corrected chi connectivity index (χ4v) is 9.60. The Morgan fingerprint density at radius 1 is 0.720 bits per heavy atom. The molecule has 8 saturated carbocycles. The molecule has 0 aromatic rings. The number of nitrogens with one attached hydrogen (secondary N) is 1. The number of hydrogen-bond acceptors (Lipinski definition) is 1. The molecule has 1 amide bonds. The summed E-state index contributed by atoms with van der Waals surface area (Å²) in [6, 6.07) is 0.404. The maximum atomic E-state index is 13.5. The van der Waals surface area contributed by atoms with Crippen molar-refractivity contribution in [3.05, 3.63) is 0 Å². The van der Waals surface area contributed by atoms with Crippen molar-refractivity contribution in [1.29, 1.82) is 0 Å². The van der Waals surface area contributed by atoms with Crippen LogP contribution in [-0.2, 0) is 4.79 Å². The predicted octanol–water partition coefficient (Wildman–Crippen LogP) is 4.92. The molecule has 0 heterocycles. The lowest BCUT2D eigenvalue weighted by Gasteiger charge is -2.60. The van der Waals surface area contributed by atoms with Gasteiger partial charge in [-0.2, -0.15) is 0 Å². The molecule has 0 radical (unpaired) electrons. The lowest BCUT2D eigenvalue weighted by molar-refractivity contribution is -0.150. The van der Waals surface area contributed by atoms with Gasteiger partial charge in [0.15, 0.2) is 0 Å². The van der Waals surface area contributed by atoms with E-state index in [1.807, 2.05) is 0 Å². The van der Waals surface area contributed by atoms with Crippen LogP contribution >= 0.6 is 0 Å². The highest BCUT2D eigenvalue weighted by Crippen LogP contribution is 2.62. The van der Waals surface area contributed by atoms with E-state index in [2.05, 4.69) is 12.2 Å². The molecule has 8 rings (SSSR count). The number of hydrogen-bond donors (Lipinski definition) is 1. The van der Waals surface area contributed by atoms with Gasteiger partial charge in [0.05, 0.1) is 0 Å². The summed E-state index contributed by atoms with van der Waals surface area (Å²) in [5, 5.41) is 3.66. The van der Waals surface area contributed by atoms with Gasteiger partial charge in [0, 0.05) is 11.5 Å². The maximum absolute atomic E-state index is 13.5. The second-order valence-corrected chi connectivity index (χ2v) is 11.7. The molecule has 2 nitrogen and oxygen atoms in total. The molecule has 0 spiro atoms. The largest absolute Gasteiger partial charge is 0.353 e. The molecule has 138 valence electrons. The van der Waals surface area contributed by atoms with E-state index in [-0.39, 0.29) is 5.41 Å². The zero-order valence-corrected chi connectivity index (χ0v) is 15.9. The van der Waals surface area contributed by atoms with Gasteiger partial charge >= 0.3 is 0 Å². The number of carbonyl (C=O) groups is 1. The minimum atomic E-state index is 0.0330. The van der Waals surface area contributed by atoms with Gasteiger partial charge in [-0.3, -0.25) is 4.79 Å². The second kappa shape index (κ2) is 5.04. The second-order valence-electron chi connectivity index (χ2n) is 11.7. The summed E-state index contributed by atoms with van der Waals surface area (Å²) in [5.41, 5.74) is 0.484. The van der Waals surface area contributed by atoms with E-state index in [1.54, 1.807) is 0 Å². The van der Waals surface area contributed by atoms with Crippen molar-refractivity contribution < 1.29 is 4.79 Å². The summed E-state index contributed by atoms with van der Waals surface area (Å²) < 4.78 is 0. The molecule has 0 saturated heterocycles. The van der Waals surface area contributed by atoms with Crippen LogP contribution in [-0.4, -0.2) is 11.9 Å². The molecule has 8 bridgehead atoms. The standard InChI is InChI=1S/C23H35NO/c1-14(22-8-15-2-16(9-22)4-17(3-15)10-22)24-21(25)23-11-18-5-19(12-23)7-20(6-18)13-23/h14-20H,2-13H2,1H3,(H,24,25)/t14-,15?,16?,17?,18?,19?,20?,22?,23?/m1/s1. The Balaban J connectivity index is 1.21. The Labute approximate surface area is 152 Å². The first-order valence-corrected chi connectivity index (χ1v) is 11.3. The Kier molecular flexibility index (Phi) is 3.13. The Bertz CT molecular complexity index is 522. The summed E-state index contributed by atoms with van der Waals surface area (Å²) in [7, 11) is 0. The van der Waals surface area contributed by atoms with Gasteiger partial charge in [-0.25, -0.2) is 0 Å². The van der Waals surface area contributed by atoms with E-state index in [0.29, 0.717) is 17.4 Å². The van der Waals surface area contributed by atoms with Crippen LogP contribution in [0.25, 0.3) is 0 Å². The molecule has 8 aliphatic carbocycles. The first-order chi connectivity index (χ1) is 12.0. The van der Waals surface area contributed by atoms with Crippen molar-refractivity contribution in [2.24, 2.45) is 46.3 Å². The van der Waals surface area contributed by atoms with E-state index < -0.39 is 0 Å². The molecule has 1 atom stereocenters. The summed E-state index contributed by atoms with van der Waals surface area (Å²) >= 11 is 0. The van der Waals surface area contributed by atoms with Crippen molar-refractivity contribution >= 4 is 5.91 Å². The van der Waals surface area contributed by atoms with Crippen LogP contribution in [0.15, 0.2) is 0 Å². The Morgan fingerprint density at radius 2 is 1.08 bits per heavy atom. The predicted molar refractivity (Wildman–Crippen MR) is 98.8 cm³/mol. The summed E-state index contributed by atoms with van der Waals surface area (Å²) in [4.78, 5) is 13.5. The van der Waals surface area contributed by atoms with Crippen LogP contribution in [0.5, 0.6) is 0 Å². The van der Waals surface area contributed by atoms with Crippen LogP contribution in [0.4, 0.5) is 0 Å². The molecule has 1 N–H and O–H groups in total. The third-order valence-corrected chi connectivity index (χ3v) is 9.87. The van der Waals surface area contributed by atoms with Crippen molar-refractivity contribution in [1.82, 2.24) is 5.32 Å². The van der Waals surface area contributed by atoms with Crippen LogP contribution in [0.1, 0.15) is 84.0 Å². The lowest BCUT2D eigenvalue weighted by atomic mass is 9.47. The van der Waals surface area contributed by atoms with Crippen LogP contribution < -0.4 is 5.32 Å². The highest BCUT2D eigenvalue weighted by Gasteiger charge is 2.57. The highest BCUT2D eigenvalue weighted by molar-refractivity contribution is 5.83. The van der Waals surface area contributed by atoms with Gasteiger partial charge in [0.1, 0.15) is 0 Å². The van der Waals surface area contributed by atoms with Gasteiger partial charge in [-0.05, 0) is 125 Å². The third-order valence-electron chi connectivity index (χ3n) is 9.87. The Morgan fingerprint density at radius 3 is 1.48 bits per heavy atom. The van der Waals surface area contributed by atoms with Gasteiger partial charge in [0.2, 0.25) is 5.91 Å². The van der Waals surface area contributed by atoms with Gasteiger partial charge in [-0.1, -0.05) is 0 Å². The lowest BCUT2D eigenvalue weighted by Crippen LogP contribution is -2.60. The average molecular weight is 342 g/mol. The van der Waals surface area contributed by atoms with Crippen molar-refractivity contribution in [2.75, 3.05) is 0 Å². The minimum absolute atomic E-state index is 0.0330. The highest BCUT2D eigenvalue weighted by atomic mass is 16.2. The van der Waals surface area contributed by atoms with E-state index in [4.69, 9.17) is 0 Å². The molecular formula is C23H35NO. The molecule has 0 aromatic heterocycles. The first-order valence-electron chi connectivity index (χ1n) is 11.3. The maximum Gasteiger partial charge on any atom is 0.226 e. The van der Waals surface area contributed by atoms with Crippen molar-refractivity contribution in [3.8, 4) is 0 Å². The monoisotopic (exact) mass is 341 g/mol. The fraction of sp³-hybridized carbons (Fsp3) is 0.957. The summed E-state index contributed by atoms with van der Waals surface area (Å²) in [5.74, 6) is 6.00. The zero-order valence-electron chi connectivity index (χ0n) is 15.9. The molecule has 0 unspecified atom stereocenters. The van der Waals surface area contributed by atoms with E-state index in [0.717, 1.165) is 35.5 Å². The number of rotatable bonds is 3. The molecular weight excluding hydrogens is 306 g/mol. The van der Waals surface area contributed by atoms with Gasteiger partial charge in [-0.15, -0.1) is 0 Å². The SMILES string of the molecule is C[C@@H](NC(=O)C12CC3CC(CC(C3)C1)C2)C12CC3CC(CC(C3)C1)C2. The average Bonchev–Trinajstić information content (AvgIpc) is 2.52. The van der Waals surface area contributed by atoms with Gasteiger partial charge in [0.25, 0.3) is 0 Å². The number of carbonyl (C=O) groups excluding carboxylic acids is 1. The zero-order chi connectivity index (χ0) is 16.8.